The van der Waals surface area contributed by atoms with E-state index in [9.17, 15) is 4.79 Å². The molecule has 1 saturated heterocycles. The normalized spacial score (nSPS) is 23.7. The monoisotopic (exact) mass is 201 g/mol. The lowest BCUT2D eigenvalue weighted by atomic mass is 9.91. The fourth-order valence-corrected chi connectivity index (χ4v) is 2.63. The minimum Gasteiger partial charge on any atom is -0.330 e. The van der Waals surface area contributed by atoms with E-state index in [1.54, 1.807) is 0 Å². The van der Waals surface area contributed by atoms with Crippen molar-refractivity contribution >= 4 is 17.7 Å². The van der Waals surface area contributed by atoms with Crippen LogP contribution in [0.1, 0.15) is 34.1 Å². The molecule has 0 saturated carbocycles. The summed E-state index contributed by atoms with van der Waals surface area (Å²) in [4.78, 5) is 13.8. The van der Waals surface area contributed by atoms with E-state index in [2.05, 4.69) is 27.7 Å². The summed E-state index contributed by atoms with van der Waals surface area (Å²) in [6.45, 7) is 8.46. The Balaban J connectivity index is 2.48. The minimum absolute atomic E-state index is 0.115. The third kappa shape index (κ3) is 3.22. The second-order valence-electron chi connectivity index (χ2n) is 4.95. The zero-order valence-corrected chi connectivity index (χ0v) is 9.78. The number of amides is 1. The molecule has 1 rings (SSSR count). The summed E-state index contributed by atoms with van der Waals surface area (Å²) in [6, 6.07) is 0.430. The Labute approximate surface area is 85.1 Å². The van der Waals surface area contributed by atoms with E-state index >= 15 is 0 Å². The molecule has 0 aromatic heterocycles. The second kappa shape index (κ2) is 3.91. The molecular weight excluding hydrogens is 182 g/mol. The Morgan fingerprint density at radius 2 is 2.15 bits per heavy atom. The fourth-order valence-electron chi connectivity index (χ4n) is 1.41. The molecule has 1 unspecified atom stereocenters. The van der Waals surface area contributed by atoms with Gasteiger partial charge in [-0.25, -0.2) is 0 Å². The molecule has 2 nitrogen and oxygen atoms in total. The SMILES string of the molecule is CC1CSCN1C(=O)CC(C)(C)C. The molecule has 76 valence electrons. The van der Waals surface area contributed by atoms with Crippen molar-refractivity contribution in [3.05, 3.63) is 0 Å². The Kier molecular flexibility index (Phi) is 3.28. The molecule has 0 aliphatic carbocycles. The van der Waals surface area contributed by atoms with Crippen molar-refractivity contribution in [3.63, 3.8) is 0 Å². The van der Waals surface area contributed by atoms with Crippen LogP contribution in [0.15, 0.2) is 0 Å². The first-order chi connectivity index (χ1) is 5.90. The lowest BCUT2D eigenvalue weighted by Gasteiger charge is -2.25. The number of hydrogen-bond donors (Lipinski definition) is 0. The number of carbonyl (C=O) groups is 1. The van der Waals surface area contributed by atoms with Crippen LogP contribution in [-0.2, 0) is 4.79 Å². The molecule has 0 aromatic carbocycles. The number of rotatable bonds is 1. The van der Waals surface area contributed by atoms with Gasteiger partial charge in [0.2, 0.25) is 5.91 Å². The minimum atomic E-state index is 0.115. The molecule has 1 amide bonds. The second-order valence-corrected chi connectivity index (χ2v) is 5.95. The quantitative estimate of drug-likeness (QED) is 0.649. The van der Waals surface area contributed by atoms with Crippen LogP contribution in [0, 0.1) is 5.41 Å². The summed E-state index contributed by atoms with van der Waals surface area (Å²) >= 11 is 1.85. The van der Waals surface area contributed by atoms with Crippen molar-refractivity contribution in [1.82, 2.24) is 4.90 Å². The highest BCUT2D eigenvalue weighted by molar-refractivity contribution is 7.99. The van der Waals surface area contributed by atoms with Crippen LogP contribution in [0.2, 0.25) is 0 Å². The van der Waals surface area contributed by atoms with Crippen LogP contribution in [0.25, 0.3) is 0 Å². The lowest BCUT2D eigenvalue weighted by Crippen LogP contribution is -2.36. The van der Waals surface area contributed by atoms with Gasteiger partial charge in [0.25, 0.3) is 0 Å². The van der Waals surface area contributed by atoms with Crippen molar-refractivity contribution in [3.8, 4) is 0 Å². The maximum Gasteiger partial charge on any atom is 0.224 e. The molecule has 3 heteroatoms. The molecule has 0 N–H and O–H groups in total. The largest absolute Gasteiger partial charge is 0.330 e. The summed E-state index contributed by atoms with van der Waals surface area (Å²) in [6.07, 6.45) is 0.665. The third-order valence-electron chi connectivity index (χ3n) is 2.12. The summed E-state index contributed by atoms with van der Waals surface area (Å²) in [5.41, 5.74) is 0.115. The fraction of sp³-hybridized carbons (Fsp3) is 0.900. The Morgan fingerprint density at radius 3 is 2.54 bits per heavy atom. The van der Waals surface area contributed by atoms with E-state index < -0.39 is 0 Å². The Bertz CT molecular complexity index is 198. The van der Waals surface area contributed by atoms with E-state index in [0.717, 1.165) is 11.6 Å². The number of carbonyl (C=O) groups excluding carboxylic acids is 1. The van der Waals surface area contributed by atoms with E-state index in [-0.39, 0.29) is 5.41 Å². The Hall–Kier alpha value is -0.180. The van der Waals surface area contributed by atoms with Crippen LogP contribution in [0.5, 0.6) is 0 Å². The van der Waals surface area contributed by atoms with Gasteiger partial charge in [0.05, 0.1) is 5.88 Å². The van der Waals surface area contributed by atoms with Gasteiger partial charge in [-0.3, -0.25) is 4.79 Å². The van der Waals surface area contributed by atoms with Gasteiger partial charge in [-0.05, 0) is 12.3 Å². The van der Waals surface area contributed by atoms with Crippen molar-refractivity contribution in [2.24, 2.45) is 5.41 Å². The van der Waals surface area contributed by atoms with Crippen LogP contribution in [0.4, 0.5) is 0 Å². The van der Waals surface area contributed by atoms with E-state index in [0.29, 0.717) is 18.4 Å². The zero-order chi connectivity index (χ0) is 10.1. The molecule has 1 heterocycles. The average molecular weight is 201 g/mol. The van der Waals surface area contributed by atoms with Gasteiger partial charge < -0.3 is 4.90 Å². The van der Waals surface area contributed by atoms with Gasteiger partial charge in [0.15, 0.2) is 0 Å². The molecule has 0 bridgehead atoms. The smallest absolute Gasteiger partial charge is 0.224 e. The average Bonchev–Trinajstić information content (AvgIpc) is 2.30. The third-order valence-corrected chi connectivity index (χ3v) is 3.30. The zero-order valence-electron chi connectivity index (χ0n) is 8.96. The molecule has 1 atom stereocenters. The van der Waals surface area contributed by atoms with Gasteiger partial charge in [-0.2, -0.15) is 0 Å². The summed E-state index contributed by atoms with van der Waals surface area (Å²) < 4.78 is 0. The molecule has 1 fully saturated rings. The maximum absolute atomic E-state index is 11.8. The molecule has 1 aliphatic rings. The highest BCUT2D eigenvalue weighted by Crippen LogP contribution is 2.25. The lowest BCUT2D eigenvalue weighted by molar-refractivity contribution is -0.133. The van der Waals surface area contributed by atoms with Crippen LogP contribution >= 0.6 is 11.8 Å². The molecule has 0 radical (unpaired) electrons. The van der Waals surface area contributed by atoms with E-state index in [1.165, 1.54) is 0 Å². The predicted octanol–water partition coefficient (Wildman–Crippen LogP) is 2.34. The summed E-state index contributed by atoms with van der Waals surface area (Å²) in [5, 5.41) is 0. The molecular formula is C10H19NOS. The number of hydrogen-bond acceptors (Lipinski definition) is 2. The van der Waals surface area contributed by atoms with Crippen LogP contribution in [0.3, 0.4) is 0 Å². The van der Waals surface area contributed by atoms with Gasteiger partial charge in [-0.15, -0.1) is 11.8 Å². The highest BCUT2D eigenvalue weighted by atomic mass is 32.2. The number of thioether (sulfide) groups is 1. The standard InChI is InChI=1S/C10H19NOS/c1-8-6-13-7-11(8)9(12)5-10(2,3)4/h8H,5-7H2,1-4H3. The van der Waals surface area contributed by atoms with Crippen LogP contribution < -0.4 is 0 Å². The predicted molar refractivity (Wildman–Crippen MR) is 57.7 cm³/mol. The number of nitrogens with zero attached hydrogens (tertiary/aromatic N) is 1. The highest BCUT2D eigenvalue weighted by Gasteiger charge is 2.28. The van der Waals surface area contributed by atoms with Crippen molar-refractivity contribution < 1.29 is 4.79 Å². The van der Waals surface area contributed by atoms with Gasteiger partial charge in [0, 0.05) is 18.2 Å². The first kappa shape index (κ1) is 10.9. The van der Waals surface area contributed by atoms with E-state index in [1.807, 2.05) is 16.7 Å². The van der Waals surface area contributed by atoms with Gasteiger partial charge in [-0.1, -0.05) is 20.8 Å². The molecule has 0 aromatic rings. The maximum atomic E-state index is 11.8. The first-order valence-corrected chi connectivity index (χ1v) is 5.93. The topological polar surface area (TPSA) is 20.3 Å². The van der Waals surface area contributed by atoms with Crippen molar-refractivity contribution in [2.45, 2.75) is 40.2 Å². The van der Waals surface area contributed by atoms with Gasteiger partial charge >= 0.3 is 0 Å². The van der Waals surface area contributed by atoms with Crippen LogP contribution in [-0.4, -0.2) is 28.5 Å². The molecule has 13 heavy (non-hydrogen) atoms. The summed E-state index contributed by atoms with van der Waals surface area (Å²) in [7, 11) is 0. The first-order valence-electron chi connectivity index (χ1n) is 4.77. The molecule has 1 aliphatic heterocycles. The summed E-state index contributed by atoms with van der Waals surface area (Å²) in [5.74, 6) is 2.29. The van der Waals surface area contributed by atoms with Gasteiger partial charge in [0.1, 0.15) is 0 Å². The van der Waals surface area contributed by atoms with Crippen molar-refractivity contribution in [1.29, 1.82) is 0 Å². The Morgan fingerprint density at radius 1 is 1.54 bits per heavy atom. The van der Waals surface area contributed by atoms with E-state index in [4.69, 9.17) is 0 Å². The molecule has 0 spiro atoms. The van der Waals surface area contributed by atoms with Crippen molar-refractivity contribution in [2.75, 3.05) is 11.6 Å².